The summed E-state index contributed by atoms with van der Waals surface area (Å²) in [5.41, 5.74) is 2.67. The van der Waals surface area contributed by atoms with Crippen LogP contribution in [0.1, 0.15) is 22.8 Å². The summed E-state index contributed by atoms with van der Waals surface area (Å²) in [5.74, 6) is -0.0615. The van der Waals surface area contributed by atoms with E-state index in [0.29, 0.717) is 12.1 Å². The molecule has 2 N–H and O–H groups in total. The van der Waals surface area contributed by atoms with Crippen molar-refractivity contribution >= 4 is 22.9 Å². The predicted molar refractivity (Wildman–Crippen MR) is 78.8 cm³/mol. The van der Waals surface area contributed by atoms with Crippen molar-refractivity contribution in [2.45, 2.75) is 13.3 Å². The van der Waals surface area contributed by atoms with Crippen molar-refractivity contribution in [2.75, 3.05) is 18.4 Å². The van der Waals surface area contributed by atoms with Crippen LogP contribution in [-0.2, 0) is 6.42 Å². The Morgan fingerprint density at radius 2 is 2.32 bits per heavy atom. The molecule has 0 saturated heterocycles. The van der Waals surface area contributed by atoms with Gasteiger partial charge in [0.2, 0.25) is 0 Å². The van der Waals surface area contributed by atoms with E-state index in [1.54, 1.807) is 29.8 Å². The van der Waals surface area contributed by atoms with Gasteiger partial charge in [0.15, 0.2) is 0 Å². The quantitative estimate of drug-likeness (QED) is 0.852. The Morgan fingerprint density at radius 1 is 1.42 bits per heavy atom. The number of amides is 1. The molecule has 2 aromatic heterocycles. The number of rotatable bonds is 6. The summed E-state index contributed by atoms with van der Waals surface area (Å²) in [4.78, 5) is 16.1. The summed E-state index contributed by atoms with van der Waals surface area (Å²) < 4.78 is 0. The number of pyridine rings is 1. The number of carbonyl (C=O) groups excluding carboxylic acids is 1. The van der Waals surface area contributed by atoms with Crippen LogP contribution in [0.15, 0.2) is 35.3 Å². The molecule has 5 heteroatoms. The SMILES string of the molecule is CCNc1cnccc1C(=O)NCCc1ccsc1. The van der Waals surface area contributed by atoms with Gasteiger partial charge in [0.1, 0.15) is 0 Å². The van der Waals surface area contributed by atoms with Gasteiger partial charge in [0.05, 0.1) is 17.4 Å². The number of hydrogen-bond acceptors (Lipinski definition) is 4. The highest BCUT2D eigenvalue weighted by Gasteiger charge is 2.10. The number of nitrogens with zero attached hydrogens (tertiary/aromatic N) is 1. The Balaban J connectivity index is 1.92. The molecule has 0 unspecified atom stereocenters. The van der Waals surface area contributed by atoms with Crippen molar-refractivity contribution in [1.29, 1.82) is 0 Å². The number of aromatic nitrogens is 1. The summed E-state index contributed by atoms with van der Waals surface area (Å²) in [6.07, 6.45) is 4.17. The van der Waals surface area contributed by atoms with Crippen molar-refractivity contribution in [2.24, 2.45) is 0 Å². The van der Waals surface area contributed by atoms with E-state index in [9.17, 15) is 4.79 Å². The molecule has 2 rings (SSSR count). The van der Waals surface area contributed by atoms with E-state index in [-0.39, 0.29) is 5.91 Å². The third-order valence-corrected chi connectivity index (χ3v) is 3.44. The minimum Gasteiger partial charge on any atom is -0.383 e. The molecule has 4 nitrogen and oxygen atoms in total. The third kappa shape index (κ3) is 3.79. The van der Waals surface area contributed by atoms with Gasteiger partial charge in [-0.2, -0.15) is 11.3 Å². The van der Waals surface area contributed by atoms with E-state index in [1.165, 1.54) is 5.56 Å². The highest BCUT2D eigenvalue weighted by molar-refractivity contribution is 7.07. The van der Waals surface area contributed by atoms with Crippen LogP contribution in [-0.4, -0.2) is 24.0 Å². The molecule has 100 valence electrons. The number of nitrogens with one attached hydrogen (secondary N) is 2. The monoisotopic (exact) mass is 275 g/mol. The van der Waals surface area contributed by atoms with Gasteiger partial charge in [-0.05, 0) is 41.8 Å². The Kier molecular flexibility index (Phi) is 4.92. The van der Waals surface area contributed by atoms with Gasteiger partial charge in [0, 0.05) is 19.3 Å². The van der Waals surface area contributed by atoms with E-state index in [4.69, 9.17) is 0 Å². The lowest BCUT2D eigenvalue weighted by Crippen LogP contribution is -2.26. The summed E-state index contributed by atoms with van der Waals surface area (Å²) in [5, 5.41) is 10.2. The highest BCUT2D eigenvalue weighted by Crippen LogP contribution is 2.13. The average molecular weight is 275 g/mol. The second-order valence-electron chi connectivity index (χ2n) is 4.09. The molecular weight excluding hydrogens is 258 g/mol. The van der Waals surface area contributed by atoms with Gasteiger partial charge in [-0.3, -0.25) is 9.78 Å². The number of hydrogen-bond donors (Lipinski definition) is 2. The first-order chi connectivity index (χ1) is 9.31. The van der Waals surface area contributed by atoms with Gasteiger partial charge in [-0.25, -0.2) is 0 Å². The lowest BCUT2D eigenvalue weighted by atomic mass is 10.2. The third-order valence-electron chi connectivity index (χ3n) is 2.71. The first-order valence-electron chi connectivity index (χ1n) is 6.28. The zero-order valence-corrected chi connectivity index (χ0v) is 11.7. The first-order valence-corrected chi connectivity index (χ1v) is 7.22. The molecule has 0 spiro atoms. The van der Waals surface area contributed by atoms with Crippen LogP contribution in [0.3, 0.4) is 0 Å². The minimum atomic E-state index is -0.0615. The minimum absolute atomic E-state index is 0.0615. The molecule has 0 radical (unpaired) electrons. The van der Waals surface area contributed by atoms with Crippen LogP contribution in [0.25, 0.3) is 0 Å². The predicted octanol–water partition coefficient (Wildman–Crippen LogP) is 2.55. The van der Waals surface area contributed by atoms with Crippen LogP contribution in [0.5, 0.6) is 0 Å². The lowest BCUT2D eigenvalue weighted by Gasteiger charge is -2.10. The van der Waals surface area contributed by atoms with E-state index in [2.05, 4.69) is 27.1 Å². The summed E-state index contributed by atoms with van der Waals surface area (Å²) >= 11 is 1.67. The second-order valence-corrected chi connectivity index (χ2v) is 4.87. The summed E-state index contributed by atoms with van der Waals surface area (Å²) in [6, 6.07) is 3.81. The molecule has 0 fully saturated rings. The maximum Gasteiger partial charge on any atom is 0.253 e. The molecule has 0 aliphatic rings. The lowest BCUT2D eigenvalue weighted by molar-refractivity contribution is 0.0955. The van der Waals surface area contributed by atoms with Gasteiger partial charge < -0.3 is 10.6 Å². The second kappa shape index (κ2) is 6.89. The average Bonchev–Trinajstić information content (AvgIpc) is 2.93. The van der Waals surface area contributed by atoms with Crippen LogP contribution < -0.4 is 10.6 Å². The maximum atomic E-state index is 12.1. The van der Waals surface area contributed by atoms with Gasteiger partial charge in [-0.15, -0.1) is 0 Å². The molecule has 0 aliphatic carbocycles. The van der Waals surface area contributed by atoms with Crippen LogP contribution in [0, 0.1) is 0 Å². The summed E-state index contributed by atoms with van der Waals surface area (Å²) in [6.45, 7) is 3.40. The van der Waals surface area contributed by atoms with Crippen LogP contribution in [0.4, 0.5) is 5.69 Å². The van der Waals surface area contributed by atoms with Crippen molar-refractivity contribution in [3.8, 4) is 0 Å². The number of thiophene rings is 1. The van der Waals surface area contributed by atoms with Crippen molar-refractivity contribution in [3.63, 3.8) is 0 Å². The number of carbonyl (C=O) groups is 1. The summed E-state index contributed by atoms with van der Waals surface area (Å²) in [7, 11) is 0. The maximum absolute atomic E-state index is 12.1. The van der Waals surface area contributed by atoms with Crippen molar-refractivity contribution in [3.05, 3.63) is 46.4 Å². The van der Waals surface area contributed by atoms with Crippen molar-refractivity contribution in [1.82, 2.24) is 10.3 Å². The molecule has 2 heterocycles. The Labute approximate surface area is 116 Å². The molecule has 0 aliphatic heterocycles. The molecule has 0 bridgehead atoms. The molecule has 0 saturated carbocycles. The molecule has 19 heavy (non-hydrogen) atoms. The fourth-order valence-corrected chi connectivity index (χ4v) is 2.48. The largest absolute Gasteiger partial charge is 0.383 e. The fourth-order valence-electron chi connectivity index (χ4n) is 1.77. The topological polar surface area (TPSA) is 54.0 Å². The highest BCUT2D eigenvalue weighted by atomic mass is 32.1. The van der Waals surface area contributed by atoms with E-state index < -0.39 is 0 Å². The Morgan fingerprint density at radius 3 is 3.05 bits per heavy atom. The fraction of sp³-hybridized carbons (Fsp3) is 0.286. The van der Waals surface area contributed by atoms with Gasteiger partial charge in [-0.1, -0.05) is 0 Å². The number of anilines is 1. The zero-order valence-electron chi connectivity index (χ0n) is 10.8. The zero-order chi connectivity index (χ0) is 13.5. The van der Waals surface area contributed by atoms with Gasteiger partial charge in [0.25, 0.3) is 5.91 Å². The van der Waals surface area contributed by atoms with E-state index in [1.807, 2.05) is 12.3 Å². The van der Waals surface area contributed by atoms with Crippen molar-refractivity contribution < 1.29 is 4.79 Å². The molecule has 0 atom stereocenters. The van der Waals surface area contributed by atoms with Crippen LogP contribution in [0.2, 0.25) is 0 Å². The molecule has 2 aromatic rings. The first kappa shape index (κ1) is 13.5. The molecule has 0 aromatic carbocycles. The van der Waals surface area contributed by atoms with Gasteiger partial charge >= 0.3 is 0 Å². The Hall–Kier alpha value is -1.88. The van der Waals surface area contributed by atoms with Crippen LogP contribution >= 0.6 is 11.3 Å². The molecule has 1 amide bonds. The standard InChI is InChI=1S/C14H17N3OS/c1-2-16-13-9-15-6-4-12(13)14(18)17-7-3-11-5-8-19-10-11/h4-6,8-10,16H,2-3,7H2,1H3,(H,17,18). The molecular formula is C14H17N3OS. The smallest absolute Gasteiger partial charge is 0.253 e. The van der Waals surface area contributed by atoms with E-state index >= 15 is 0 Å². The normalized spacial score (nSPS) is 10.2. The van der Waals surface area contributed by atoms with E-state index in [0.717, 1.165) is 18.7 Å². The Bertz CT molecular complexity index is 525.